The van der Waals surface area contributed by atoms with Crippen LogP contribution < -0.4 is 0 Å². The third-order valence-electron chi connectivity index (χ3n) is 4.81. The second-order valence-electron chi connectivity index (χ2n) is 6.43. The number of hydrogen-bond acceptors (Lipinski definition) is 5. The molecule has 6 nitrogen and oxygen atoms in total. The van der Waals surface area contributed by atoms with E-state index in [-0.39, 0.29) is 5.92 Å². The first-order chi connectivity index (χ1) is 9.91. The normalized spacial score (nSPS) is 18.9. The maximum Gasteiger partial charge on any atom is 0.310 e. The van der Waals surface area contributed by atoms with E-state index in [4.69, 9.17) is 0 Å². The van der Waals surface area contributed by atoms with Gasteiger partial charge in [0.2, 0.25) is 4.96 Å². The Balaban J connectivity index is 1.91. The summed E-state index contributed by atoms with van der Waals surface area (Å²) in [4.78, 5) is 12.4. The zero-order chi connectivity index (χ0) is 15.2. The number of aromatic nitrogens is 4. The largest absolute Gasteiger partial charge is 0.481 e. The molecule has 1 atom stereocenters. The molecule has 0 amide bonds. The van der Waals surface area contributed by atoms with E-state index in [2.05, 4.69) is 15.3 Å². The van der Waals surface area contributed by atoms with Crippen molar-refractivity contribution < 1.29 is 9.90 Å². The van der Waals surface area contributed by atoms with E-state index in [9.17, 15) is 9.90 Å². The standard InChI is InChI=1S/C14H20N4O2S/c1-8(2)14(3,12(19)20)7-10-17-18-11(9-5-4-6-9)15-16-13(18)21-10/h8-9H,4-7H2,1-3H3,(H,19,20). The first-order valence-corrected chi connectivity index (χ1v) is 8.18. The van der Waals surface area contributed by atoms with Crippen LogP contribution in [-0.2, 0) is 11.2 Å². The van der Waals surface area contributed by atoms with Crippen LogP contribution in [0.3, 0.4) is 0 Å². The summed E-state index contributed by atoms with van der Waals surface area (Å²) >= 11 is 1.45. The van der Waals surface area contributed by atoms with Gasteiger partial charge in [0.1, 0.15) is 5.01 Å². The second-order valence-corrected chi connectivity index (χ2v) is 7.47. The van der Waals surface area contributed by atoms with Gasteiger partial charge in [0.15, 0.2) is 5.82 Å². The lowest BCUT2D eigenvalue weighted by atomic mass is 9.76. The molecule has 2 heterocycles. The van der Waals surface area contributed by atoms with Gasteiger partial charge in [-0.05, 0) is 25.7 Å². The topological polar surface area (TPSA) is 80.4 Å². The smallest absolute Gasteiger partial charge is 0.310 e. The third-order valence-corrected chi connectivity index (χ3v) is 5.71. The molecule has 0 radical (unpaired) electrons. The van der Waals surface area contributed by atoms with Gasteiger partial charge in [-0.2, -0.15) is 9.61 Å². The summed E-state index contributed by atoms with van der Waals surface area (Å²) in [7, 11) is 0. The van der Waals surface area contributed by atoms with Crippen LogP contribution in [0.4, 0.5) is 0 Å². The summed E-state index contributed by atoms with van der Waals surface area (Å²) < 4.78 is 1.81. The van der Waals surface area contributed by atoms with Crippen molar-refractivity contribution in [3.63, 3.8) is 0 Å². The maximum absolute atomic E-state index is 11.6. The van der Waals surface area contributed by atoms with Crippen LogP contribution in [0, 0.1) is 11.3 Å². The predicted octanol–water partition coefficient (Wildman–Crippen LogP) is 2.74. The van der Waals surface area contributed by atoms with Gasteiger partial charge in [0.05, 0.1) is 5.41 Å². The fourth-order valence-corrected chi connectivity index (χ4v) is 3.51. The lowest BCUT2D eigenvalue weighted by Gasteiger charge is -2.27. The van der Waals surface area contributed by atoms with Gasteiger partial charge in [0.25, 0.3) is 0 Å². The van der Waals surface area contributed by atoms with Gasteiger partial charge in [-0.3, -0.25) is 4.79 Å². The van der Waals surface area contributed by atoms with Crippen LogP contribution in [0.15, 0.2) is 0 Å². The fourth-order valence-electron chi connectivity index (χ4n) is 2.50. The molecule has 2 aromatic rings. The summed E-state index contributed by atoms with van der Waals surface area (Å²) in [5.74, 6) is 0.657. The van der Waals surface area contributed by atoms with E-state index in [1.54, 1.807) is 6.92 Å². The SMILES string of the molecule is CC(C)C(C)(Cc1nn2c(C3CCC3)nnc2s1)C(=O)O. The predicted molar refractivity (Wildman–Crippen MR) is 79.5 cm³/mol. The Morgan fingerprint density at radius 1 is 1.48 bits per heavy atom. The Morgan fingerprint density at radius 3 is 2.71 bits per heavy atom. The molecule has 0 spiro atoms. The second kappa shape index (κ2) is 5.05. The monoisotopic (exact) mass is 308 g/mol. The van der Waals surface area contributed by atoms with Gasteiger partial charge in [-0.25, -0.2) is 0 Å². The lowest BCUT2D eigenvalue weighted by molar-refractivity contribution is -0.150. The van der Waals surface area contributed by atoms with Crippen molar-refractivity contribution in [1.29, 1.82) is 0 Å². The number of carboxylic acid groups (broad SMARTS) is 1. The van der Waals surface area contributed by atoms with Crippen molar-refractivity contribution in [3.8, 4) is 0 Å². The zero-order valence-corrected chi connectivity index (χ0v) is 13.4. The number of nitrogens with zero attached hydrogens (tertiary/aromatic N) is 4. The Labute approximate surface area is 127 Å². The van der Waals surface area contributed by atoms with E-state index < -0.39 is 11.4 Å². The molecule has 1 aliphatic carbocycles. The summed E-state index contributed by atoms with van der Waals surface area (Å²) in [5.41, 5.74) is -0.806. The molecule has 1 aliphatic rings. The molecular weight excluding hydrogens is 288 g/mol. The number of hydrogen-bond donors (Lipinski definition) is 1. The molecule has 1 saturated carbocycles. The van der Waals surface area contributed by atoms with Crippen molar-refractivity contribution in [2.24, 2.45) is 11.3 Å². The number of fused-ring (bicyclic) bond motifs is 1. The molecule has 114 valence electrons. The van der Waals surface area contributed by atoms with E-state index >= 15 is 0 Å². The highest BCUT2D eigenvalue weighted by atomic mass is 32.1. The van der Waals surface area contributed by atoms with Crippen molar-refractivity contribution in [2.45, 2.75) is 52.4 Å². The fraction of sp³-hybridized carbons (Fsp3) is 0.714. The molecule has 0 aromatic carbocycles. The number of carbonyl (C=O) groups is 1. The van der Waals surface area contributed by atoms with Gasteiger partial charge in [0, 0.05) is 12.3 Å². The van der Waals surface area contributed by atoms with E-state index in [1.165, 1.54) is 17.8 Å². The third kappa shape index (κ3) is 2.33. The average molecular weight is 308 g/mol. The van der Waals surface area contributed by atoms with Gasteiger partial charge in [-0.1, -0.05) is 31.6 Å². The summed E-state index contributed by atoms with van der Waals surface area (Å²) in [6.45, 7) is 5.66. The molecule has 1 fully saturated rings. The van der Waals surface area contributed by atoms with E-state index in [0.29, 0.717) is 12.3 Å². The van der Waals surface area contributed by atoms with Crippen LogP contribution >= 0.6 is 11.3 Å². The minimum Gasteiger partial charge on any atom is -0.481 e. The quantitative estimate of drug-likeness (QED) is 0.918. The Hall–Kier alpha value is -1.50. The van der Waals surface area contributed by atoms with Crippen LogP contribution in [0.5, 0.6) is 0 Å². The van der Waals surface area contributed by atoms with Crippen molar-refractivity contribution in [3.05, 3.63) is 10.8 Å². The Bertz CT molecular complexity index is 674. The molecule has 2 aromatic heterocycles. The van der Waals surface area contributed by atoms with Crippen molar-refractivity contribution in [2.75, 3.05) is 0 Å². The van der Waals surface area contributed by atoms with Crippen molar-refractivity contribution >= 4 is 22.3 Å². The van der Waals surface area contributed by atoms with Crippen LogP contribution in [-0.4, -0.2) is 30.9 Å². The Morgan fingerprint density at radius 2 is 2.19 bits per heavy atom. The highest BCUT2D eigenvalue weighted by molar-refractivity contribution is 7.16. The minimum absolute atomic E-state index is 0.0375. The van der Waals surface area contributed by atoms with Gasteiger partial charge >= 0.3 is 5.97 Å². The molecule has 0 saturated heterocycles. The molecule has 1 unspecified atom stereocenters. The molecule has 0 aliphatic heterocycles. The highest BCUT2D eigenvalue weighted by Crippen LogP contribution is 2.37. The van der Waals surface area contributed by atoms with E-state index in [1.807, 2.05) is 18.4 Å². The number of carboxylic acids is 1. The van der Waals surface area contributed by atoms with Crippen molar-refractivity contribution in [1.82, 2.24) is 19.8 Å². The molecular formula is C14H20N4O2S. The van der Waals surface area contributed by atoms with Gasteiger partial charge in [-0.15, -0.1) is 10.2 Å². The summed E-state index contributed by atoms with van der Waals surface area (Å²) in [6, 6.07) is 0. The van der Waals surface area contributed by atoms with E-state index in [0.717, 1.165) is 28.6 Å². The minimum atomic E-state index is -0.806. The first kappa shape index (κ1) is 14.4. The average Bonchev–Trinajstić information content (AvgIpc) is 2.88. The molecule has 1 N–H and O–H groups in total. The molecule has 7 heteroatoms. The van der Waals surface area contributed by atoms with Gasteiger partial charge < -0.3 is 5.11 Å². The van der Waals surface area contributed by atoms with Crippen LogP contribution in [0.2, 0.25) is 0 Å². The Kier molecular flexibility index (Phi) is 3.47. The first-order valence-electron chi connectivity index (χ1n) is 7.36. The molecule has 0 bridgehead atoms. The highest BCUT2D eigenvalue weighted by Gasteiger charge is 2.38. The molecule has 21 heavy (non-hydrogen) atoms. The number of aliphatic carboxylic acids is 1. The molecule has 3 rings (SSSR count). The zero-order valence-electron chi connectivity index (χ0n) is 12.5. The summed E-state index contributed by atoms with van der Waals surface area (Å²) in [6.07, 6.45) is 3.96. The summed E-state index contributed by atoms with van der Waals surface area (Å²) in [5, 5.41) is 23.3. The van der Waals surface area contributed by atoms with Crippen LogP contribution in [0.25, 0.3) is 4.96 Å². The maximum atomic E-state index is 11.6. The van der Waals surface area contributed by atoms with Crippen LogP contribution in [0.1, 0.15) is 56.8 Å². The lowest BCUT2D eigenvalue weighted by Crippen LogP contribution is -2.35. The number of rotatable bonds is 5.